The minimum absolute atomic E-state index is 0.514. The largest absolute Gasteiger partial charge is 0.490 e. The third-order valence-electron chi connectivity index (χ3n) is 3.17. The number of hydrogen-bond acceptors (Lipinski definition) is 5. The van der Waals surface area contributed by atoms with Gasteiger partial charge < -0.3 is 15.4 Å². The van der Waals surface area contributed by atoms with Gasteiger partial charge in [0.1, 0.15) is 0 Å². The topological polar surface area (TPSA) is 51.4 Å². The van der Waals surface area contributed by atoms with Gasteiger partial charge in [-0.05, 0) is 36.7 Å². The molecule has 2 heterocycles. The number of rotatable bonds is 2. The number of anilines is 2. The van der Waals surface area contributed by atoms with Gasteiger partial charge in [0.2, 0.25) is 0 Å². The van der Waals surface area contributed by atoms with Crippen LogP contribution in [0.3, 0.4) is 0 Å². The van der Waals surface area contributed by atoms with Crippen LogP contribution in [-0.4, -0.2) is 24.6 Å². The lowest BCUT2D eigenvalue weighted by atomic mass is 10.0. The summed E-state index contributed by atoms with van der Waals surface area (Å²) in [5.74, 6) is 2.08. The van der Waals surface area contributed by atoms with Crippen molar-refractivity contribution in [2.45, 2.75) is 26.2 Å². The summed E-state index contributed by atoms with van der Waals surface area (Å²) in [7, 11) is 1.66. The van der Waals surface area contributed by atoms with Crippen molar-refractivity contribution in [1.82, 2.24) is 4.37 Å². The second-order valence-electron chi connectivity index (χ2n) is 4.43. The van der Waals surface area contributed by atoms with Crippen LogP contribution in [0.1, 0.15) is 26.2 Å². The molecule has 2 rings (SSSR count). The number of nitrogens with zero attached hydrogens (tertiary/aromatic N) is 2. The van der Waals surface area contributed by atoms with Gasteiger partial charge in [0, 0.05) is 13.1 Å². The first kappa shape index (κ1) is 11.5. The van der Waals surface area contributed by atoms with E-state index in [-0.39, 0.29) is 0 Å². The molecule has 0 aromatic carbocycles. The van der Waals surface area contributed by atoms with Gasteiger partial charge >= 0.3 is 0 Å². The van der Waals surface area contributed by atoms with Gasteiger partial charge in [0.05, 0.1) is 7.11 Å². The van der Waals surface area contributed by atoms with Crippen molar-refractivity contribution in [3.05, 3.63) is 0 Å². The van der Waals surface area contributed by atoms with Crippen LogP contribution in [-0.2, 0) is 0 Å². The van der Waals surface area contributed by atoms with E-state index in [1.54, 1.807) is 7.11 Å². The third kappa shape index (κ3) is 2.24. The summed E-state index contributed by atoms with van der Waals surface area (Å²) in [4.78, 5) is 2.36. The Kier molecular flexibility index (Phi) is 3.53. The van der Waals surface area contributed by atoms with Crippen molar-refractivity contribution in [3.8, 4) is 5.75 Å². The lowest BCUT2D eigenvalue weighted by Gasteiger charge is -2.21. The van der Waals surface area contributed by atoms with Crippen molar-refractivity contribution in [3.63, 3.8) is 0 Å². The zero-order valence-corrected chi connectivity index (χ0v) is 10.7. The summed E-state index contributed by atoms with van der Waals surface area (Å²) in [6.45, 7) is 4.49. The van der Waals surface area contributed by atoms with E-state index in [0.29, 0.717) is 5.82 Å². The maximum absolute atomic E-state index is 5.77. The summed E-state index contributed by atoms with van der Waals surface area (Å²) in [6, 6.07) is 0. The Morgan fingerprint density at radius 2 is 2.25 bits per heavy atom. The lowest BCUT2D eigenvalue weighted by Crippen LogP contribution is -2.23. The molecule has 1 fully saturated rings. The molecule has 4 nitrogen and oxygen atoms in total. The van der Waals surface area contributed by atoms with Crippen LogP contribution in [0.25, 0.3) is 0 Å². The van der Waals surface area contributed by atoms with Crippen molar-refractivity contribution in [1.29, 1.82) is 0 Å². The Morgan fingerprint density at radius 1 is 1.44 bits per heavy atom. The van der Waals surface area contributed by atoms with Crippen LogP contribution < -0.4 is 15.4 Å². The monoisotopic (exact) mass is 241 g/mol. The molecule has 0 radical (unpaired) electrons. The van der Waals surface area contributed by atoms with Gasteiger partial charge in [0.15, 0.2) is 16.6 Å². The molecule has 1 aliphatic rings. The molecular weight excluding hydrogens is 222 g/mol. The molecule has 1 aromatic rings. The molecule has 0 bridgehead atoms. The number of aromatic nitrogens is 1. The average Bonchev–Trinajstić information content (AvgIpc) is 2.50. The fourth-order valence-corrected chi connectivity index (χ4v) is 2.98. The Morgan fingerprint density at radius 3 is 3.00 bits per heavy atom. The summed E-state index contributed by atoms with van der Waals surface area (Å²) in [5, 5.41) is 1.09. The molecule has 90 valence electrons. The SMILES string of the molecule is COc1c(N)nsc1N1CCCC(C)CC1. The maximum atomic E-state index is 5.77. The number of nitrogen functional groups attached to an aromatic ring is 1. The molecular formula is C11H19N3OS. The van der Waals surface area contributed by atoms with Crippen LogP contribution >= 0.6 is 11.5 Å². The summed E-state index contributed by atoms with van der Waals surface area (Å²) in [5.41, 5.74) is 5.77. The Labute approximate surface area is 101 Å². The third-order valence-corrected chi connectivity index (χ3v) is 4.07. The molecule has 1 atom stereocenters. The number of nitrogens with two attached hydrogens (primary N) is 1. The van der Waals surface area contributed by atoms with Crippen molar-refractivity contribution in [2.75, 3.05) is 30.8 Å². The standard InChI is InChI=1S/C11H19N3OS/c1-8-4-3-6-14(7-5-8)11-9(15-2)10(12)13-16-11/h8H,3-7H2,1-2H3,(H2,12,13). The fourth-order valence-electron chi connectivity index (χ4n) is 2.14. The molecule has 0 spiro atoms. The van der Waals surface area contributed by atoms with Crippen molar-refractivity contribution >= 4 is 22.4 Å². The van der Waals surface area contributed by atoms with E-state index in [0.717, 1.165) is 29.8 Å². The fraction of sp³-hybridized carbons (Fsp3) is 0.727. The smallest absolute Gasteiger partial charge is 0.197 e. The first-order valence-electron chi connectivity index (χ1n) is 5.76. The average molecular weight is 241 g/mol. The number of hydrogen-bond donors (Lipinski definition) is 1. The zero-order valence-electron chi connectivity index (χ0n) is 9.90. The predicted octanol–water partition coefficient (Wildman–Crippen LogP) is 2.36. The molecule has 0 amide bonds. The van der Waals surface area contributed by atoms with Crippen molar-refractivity contribution < 1.29 is 4.74 Å². The predicted molar refractivity (Wildman–Crippen MR) is 68.3 cm³/mol. The molecule has 16 heavy (non-hydrogen) atoms. The molecule has 1 aliphatic heterocycles. The Hall–Kier alpha value is -0.970. The second kappa shape index (κ2) is 4.91. The van der Waals surface area contributed by atoms with Crippen LogP contribution in [0.5, 0.6) is 5.75 Å². The van der Waals surface area contributed by atoms with E-state index in [1.165, 1.54) is 30.8 Å². The van der Waals surface area contributed by atoms with Crippen LogP contribution in [0.2, 0.25) is 0 Å². The minimum Gasteiger partial charge on any atom is -0.490 e. The van der Waals surface area contributed by atoms with Gasteiger partial charge in [-0.3, -0.25) is 0 Å². The van der Waals surface area contributed by atoms with E-state index in [9.17, 15) is 0 Å². The zero-order chi connectivity index (χ0) is 11.5. The summed E-state index contributed by atoms with van der Waals surface area (Å²) < 4.78 is 9.48. The van der Waals surface area contributed by atoms with E-state index >= 15 is 0 Å². The highest BCUT2D eigenvalue weighted by molar-refractivity contribution is 7.11. The Balaban J connectivity index is 2.16. The normalized spacial score (nSPS) is 21.9. The second-order valence-corrected chi connectivity index (χ2v) is 5.18. The number of methoxy groups -OCH3 is 1. The lowest BCUT2D eigenvalue weighted by molar-refractivity contribution is 0.417. The summed E-state index contributed by atoms with van der Waals surface area (Å²) >= 11 is 1.44. The van der Waals surface area contributed by atoms with Gasteiger partial charge in [-0.1, -0.05) is 6.92 Å². The number of ether oxygens (including phenoxy) is 1. The van der Waals surface area contributed by atoms with Gasteiger partial charge in [-0.15, -0.1) is 0 Å². The highest BCUT2D eigenvalue weighted by Crippen LogP contribution is 2.39. The molecule has 5 heteroatoms. The Bertz CT molecular complexity index is 353. The molecule has 2 N–H and O–H groups in total. The highest BCUT2D eigenvalue weighted by Gasteiger charge is 2.21. The van der Waals surface area contributed by atoms with E-state index in [4.69, 9.17) is 10.5 Å². The van der Waals surface area contributed by atoms with Gasteiger partial charge in [0.25, 0.3) is 0 Å². The molecule has 1 saturated heterocycles. The molecule has 0 saturated carbocycles. The quantitative estimate of drug-likeness (QED) is 0.863. The highest BCUT2D eigenvalue weighted by atomic mass is 32.1. The van der Waals surface area contributed by atoms with E-state index in [1.807, 2.05) is 0 Å². The van der Waals surface area contributed by atoms with Crippen LogP contribution in [0, 0.1) is 5.92 Å². The van der Waals surface area contributed by atoms with E-state index < -0.39 is 0 Å². The van der Waals surface area contributed by atoms with Gasteiger partial charge in [-0.2, -0.15) is 4.37 Å². The van der Waals surface area contributed by atoms with Gasteiger partial charge in [-0.25, -0.2) is 0 Å². The van der Waals surface area contributed by atoms with Crippen molar-refractivity contribution in [2.24, 2.45) is 5.92 Å². The first-order valence-corrected chi connectivity index (χ1v) is 6.53. The van der Waals surface area contributed by atoms with Crippen LogP contribution in [0.4, 0.5) is 10.8 Å². The van der Waals surface area contributed by atoms with E-state index in [2.05, 4.69) is 16.2 Å². The minimum atomic E-state index is 0.514. The first-order chi connectivity index (χ1) is 7.72. The van der Waals surface area contributed by atoms with Crippen LogP contribution in [0.15, 0.2) is 0 Å². The molecule has 0 aliphatic carbocycles. The maximum Gasteiger partial charge on any atom is 0.197 e. The molecule has 1 unspecified atom stereocenters. The molecule has 1 aromatic heterocycles. The summed E-state index contributed by atoms with van der Waals surface area (Å²) in [6.07, 6.45) is 3.79.